The zero-order chi connectivity index (χ0) is 13.9. The molecule has 1 saturated heterocycles. The van der Waals surface area contributed by atoms with Crippen molar-refractivity contribution in [3.05, 3.63) is 35.2 Å². The van der Waals surface area contributed by atoms with Crippen molar-refractivity contribution in [1.29, 1.82) is 0 Å². The summed E-state index contributed by atoms with van der Waals surface area (Å²) in [6.07, 6.45) is 2.80. The van der Waals surface area contributed by atoms with Crippen LogP contribution < -0.4 is 5.32 Å². The number of nitrogens with zero attached hydrogens (tertiary/aromatic N) is 1. The average molecular weight is 325 g/mol. The van der Waals surface area contributed by atoms with Crippen LogP contribution in [0.3, 0.4) is 0 Å². The fourth-order valence-electron chi connectivity index (χ4n) is 2.88. The molecular weight excluding hydrogens is 304 g/mol. The third-order valence-corrected chi connectivity index (χ3v) is 5.10. The lowest BCUT2D eigenvalue weighted by Gasteiger charge is -2.32. The molecule has 114 valence electrons. The molecule has 3 nitrogen and oxygen atoms in total. The Hall–Kier alpha value is -1.10. The molecule has 1 unspecified atom stereocenters. The zero-order valence-electron chi connectivity index (χ0n) is 12.2. The van der Waals surface area contributed by atoms with Crippen LogP contribution >= 0.6 is 23.7 Å². The number of thiophene rings is 1. The van der Waals surface area contributed by atoms with E-state index in [1.807, 2.05) is 24.1 Å². The van der Waals surface area contributed by atoms with Crippen LogP contribution in [0.25, 0.3) is 10.1 Å². The normalized spacial score (nSPS) is 18.5. The molecule has 1 aromatic carbocycles. The number of fused-ring (bicyclic) bond motifs is 1. The number of amides is 1. The number of piperidine rings is 1. The van der Waals surface area contributed by atoms with Gasteiger partial charge in [-0.2, -0.15) is 0 Å². The van der Waals surface area contributed by atoms with E-state index in [0.717, 1.165) is 19.5 Å². The van der Waals surface area contributed by atoms with Gasteiger partial charge in [0.15, 0.2) is 0 Å². The molecule has 0 bridgehead atoms. The number of nitrogens with one attached hydrogen (secondary N) is 1. The topological polar surface area (TPSA) is 32.3 Å². The summed E-state index contributed by atoms with van der Waals surface area (Å²) in [5, 5.41) is 6.64. The SMILES string of the molecule is CNC1CCCN(C(=O)Cc2csc3ccccc23)C1.Cl. The number of benzene rings is 1. The number of carbonyl (C=O) groups excluding carboxylic acids is 1. The van der Waals surface area contributed by atoms with Crippen LogP contribution in [0.15, 0.2) is 29.6 Å². The minimum atomic E-state index is 0. The maximum absolute atomic E-state index is 12.5. The average Bonchev–Trinajstić information content (AvgIpc) is 2.90. The van der Waals surface area contributed by atoms with Crippen molar-refractivity contribution in [2.75, 3.05) is 20.1 Å². The highest BCUT2D eigenvalue weighted by atomic mass is 35.5. The van der Waals surface area contributed by atoms with Gasteiger partial charge >= 0.3 is 0 Å². The summed E-state index contributed by atoms with van der Waals surface area (Å²) in [6.45, 7) is 1.75. The van der Waals surface area contributed by atoms with Crippen LogP contribution in [-0.4, -0.2) is 37.0 Å². The summed E-state index contributed by atoms with van der Waals surface area (Å²) in [4.78, 5) is 14.5. The molecule has 2 aromatic rings. The van der Waals surface area contributed by atoms with E-state index in [4.69, 9.17) is 0 Å². The molecule has 1 amide bonds. The van der Waals surface area contributed by atoms with Crippen LogP contribution in [-0.2, 0) is 11.2 Å². The summed E-state index contributed by atoms with van der Waals surface area (Å²) in [5.41, 5.74) is 1.17. The first-order valence-corrected chi connectivity index (χ1v) is 8.06. The molecule has 5 heteroatoms. The minimum absolute atomic E-state index is 0. The Morgan fingerprint density at radius 1 is 1.43 bits per heavy atom. The summed E-state index contributed by atoms with van der Waals surface area (Å²) in [5.74, 6) is 0.258. The highest BCUT2D eigenvalue weighted by Gasteiger charge is 2.23. The van der Waals surface area contributed by atoms with E-state index in [0.29, 0.717) is 12.5 Å². The Bertz CT molecular complexity index is 613. The van der Waals surface area contributed by atoms with Crippen molar-refractivity contribution in [2.24, 2.45) is 0 Å². The van der Waals surface area contributed by atoms with Gasteiger partial charge in [0.05, 0.1) is 6.42 Å². The number of likely N-dealkylation sites (N-methyl/N-ethyl adjacent to an activating group) is 1. The Balaban J connectivity index is 0.00000161. The van der Waals surface area contributed by atoms with Crippen molar-refractivity contribution in [3.63, 3.8) is 0 Å². The second kappa shape index (κ2) is 7.25. The molecule has 1 atom stereocenters. The predicted octanol–water partition coefficient (Wildman–Crippen LogP) is 3.08. The van der Waals surface area contributed by atoms with E-state index in [1.54, 1.807) is 11.3 Å². The standard InChI is InChI=1S/C16H20N2OS.ClH/c1-17-13-5-4-8-18(10-13)16(19)9-12-11-20-15-7-3-2-6-14(12)15;/h2-3,6-7,11,13,17H,4-5,8-10H2,1H3;1H. The maximum atomic E-state index is 12.5. The largest absolute Gasteiger partial charge is 0.341 e. The van der Waals surface area contributed by atoms with E-state index in [1.165, 1.54) is 22.1 Å². The van der Waals surface area contributed by atoms with Gasteiger partial charge in [0.25, 0.3) is 0 Å². The molecule has 0 aliphatic carbocycles. The van der Waals surface area contributed by atoms with Gasteiger partial charge in [-0.05, 0) is 42.3 Å². The van der Waals surface area contributed by atoms with Gasteiger partial charge in [-0.1, -0.05) is 18.2 Å². The van der Waals surface area contributed by atoms with Gasteiger partial charge < -0.3 is 10.2 Å². The quantitative estimate of drug-likeness (QED) is 0.941. The Kier molecular flexibility index (Phi) is 5.62. The third kappa shape index (κ3) is 3.57. The molecule has 1 N–H and O–H groups in total. The summed E-state index contributed by atoms with van der Waals surface area (Å²) in [7, 11) is 1.98. The lowest BCUT2D eigenvalue weighted by molar-refractivity contribution is -0.131. The van der Waals surface area contributed by atoms with Gasteiger partial charge in [-0.15, -0.1) is 23.7 Å². The van der Waals surface area contributed by atoms with Crippen LogP contribution in [0.1, 0.15) is 18.4 Å². The zero-order valence-corrected chi connectivity index (χ0v) is 13.8. The van der Waals surface area contributed by atoms with Crippen LogP contribution in [0.5, 0.6) is 0 Å². The fourth-order valence-corrected chi connectivity index (χ4v) is 3.85. The van der Waals surface area contributed by atoms with E-state index in [2.05, 4.69) is 22.8 Å². The molecule has 21 heavy (non-hydrogen) atoms. The molecule has 0 radical (unpaired) electrons. The van der Waals surface area contributed by atoms with Crippen molar-refractivity contribution < 1.29 is 4.79 Å². The fraction of sp³-hybridized carbons (Fsp3) is 0.438. The number of carbonyl (C=O) groups is 1. The number of halogens is 1. The summed E-state index contributed by atoms with van der Waals surface area (Å²) in [6, 6.07) is 8.77. The van der Waals surface area contributed by atoms with Crippen molar-refractivity contribution in [2.45, 2.75) is 25.3 Å². The maximum Gasteiger partial charge on any atom is 0.227 e. The minimum Gasteiger partial charge on any atom is -0.341 e. The molecule has 0 spiro atoms. The van der Waals surface area contributed by atoms with Gasteiger partial charge in [-0.3, -0.25) is 4.79 Å². The first kappa shape index (κ1) is 16.3. The number of rotatable bonds is 3. The lowest BCUT2D eigenvalue weighted by Crippen LogP contribution is -2.47. The number of hydrogen-bond donors (Lipinski definition) is 1. The van der Waals surface area contributed by atoms with Gasteiger partial charge in [0.1, 0.15) is 0 Å². The molecule has 3 rings (SSSR count). The highest BCUT2D eigenvalue weighted by molar-refractivity contribution is 7.17. The monoisotopic (exact) mass is 324 g/mol. The van der Waals surface area contributed by atoms with Crippen LogP contribution in [0.2, 0.25) is 0 Å². The van der Waals surface area contributed by atoms with Crippen LogP contribution in [0.4, 0.5) is 0 Å². The van der Waals surface area contributed by atoms with Gasteiger partial charge in [0.2, 0.25) is 5.91 Å². The Labute approximate surface area is 135 Å². The number of likely N-dealkylation sites (tertiary alicyclic amines) is 1. The molecule has 1 aliphatic rings. The molecule has 2 heterocycles. The molecule has 1 aliphatic heterocycles. The van der Waals surface area contributed by atoms with E-state index >= 15 is 0 Å². The van der Waals surface area contributed by atoms with E-state index < -0.39 is 0 Å². The lowest BCUT2D eigenvalue weighted by atomic mass is 10.0. The smallest absolute Gasteiger partial charge is 0.227 e. The second-order valence-electron chi connectivity index (χ2n) is 5.40. The number of hydrogen-bond acceptors (Lipinski definition) is 3. The molecule has 0 saturated carbocycles. The Morgan fingerprint density at radius 3 is 3.05 bits per heavy atom. The van der Waals surface area contributed by atoms with Crippen molar-refractivity contribution in [1.82, 2.24) is 10.2 Å². The summed E-state index contributed by atoms with van der Waals surface area (Å²) >= 11 is 1.72. The first-order valence-electron chi connectivity index (χ1n) is 7.18. The van der Waals surface area contributed by atoms with Crippen molar-refractivity contribution in [3.8, 4) is 0 Å². The third-order valence-electron chi connectivity index (χ3n) is 4.09. The Morgan fingerprint density at radius 2 is 2.24 bits per heavy atom. The second-order valence-corrected chi connectivity index (χ2v) is 6.31. The van der Waals surface area contributed by atoms with E-state index in [9.17, 15) is 4.79 Å². The van der Waals surface area contributed by atoms with Gasteiger partial charge in [0, 0.05) is 23.8 Å². The van der Waals surface area contributed by atoms with Crippen molar-refractivity contribution >= 4 is 39.7 Å². The molecule has 1 fully saturated rings. The van der Waals surface area contributed by atoms with Crippen LogP contribution in [0, 0.1) is 0 Å². The van der Waals surface area contributed by atoms with E-state index in [-0.39, 0.29) is 18.3 Å². The predicted molar refractivity (Wildman–Crippen MR) is 91.4 cm³/mol. The highest BCUT2D eigenvalue weighted by Crippen LogP contribution is 2.26. The molecule has 1 aromatic heterocycles. The first-order chi connectivity index (χ1) is 9.78. The molecular formula is C16H21ClN2OS. The summed E-state index contributed by atoms with van der Waals surface area (Å²) < 4.78 is 1.27. The van der Waals surface area contributed by atoms with Gasteiger partial charge in [-0.25, -0.2) is 0 Å².